The van der Waals surface area contributed by atoms with E-state index in [1.54, 1.807) is 37.3 Å². The van der Waals surface area contributed by atoms with Crippen molar-refractivity contribution in [3.63, 3.8) is 0 Å². The zero-order chi connectivity index (χ0) is 24.0. The molecule has 1 amide bonds. The summed E-state index contributed by atoms with van der Waals surface area (Å²) in [7, 11) is -4.16. The second-order valence-electron chi connectivity index (χ2n) is 6.96. The van der Waals surface area contributed by atoms with Gasteiger partial charge in [-0.3, -0.25) is 4.79 Å². The molecule has 0 aromatic heterocycles. The number of rotatable bonds is 9. The zero-order valence-corrected chi connectivity index (χ0v) is 19.2. The minimum Gasteiger partial charge on any atom is -0.492 e. The summed E-state index contributed by atoms with van der Waals surface area (Å²) in [5.41, 5.74) is 0.652. The molecule has 0 aliphatic rings. The highest BCUT2D eigenvalue weighted by Gasteiger charge is 2.28. The Hall–Kier alpha value is -3.01. The molecule has 10 heteroatoms. The van der Waals surface area contributed by atoms with Crippen LogP contribution in [0.25, 0.3) is 0 Å². The first-order valence-corrected chi connectivity index (χ1v) is 11.7. The molecule has 0 atom stereocenters. The number of anilines is 1. The average molecular weight is 495 g/mol. The average Bonchev–Trinajstić information content (AvgIpc) is 2.78. The van der Waals surface area contributed by atoms with Gasteiger partial charge in [0.15, 0.2) is 11.6 Å². The van der Waals surface area contributed by atoms with Crippen molar-refractivity contribution in [2.75, 3.05) is 18.5 Å². The Balaban J connectivity index is 1.89. The normalized spacial score (nSPS) is 11.4. The summed E-state index contributed by atoms with van der Waals surface area (Å²) in [4.78, 5) is 12.5. The van der Waals surface area contributed by atoms with E-state index in [9.17, 15) is 22.0 Å². The van der Waals surface area contributed by atoms with Gasteiger partial charge in [-0.1, -0.05) is 41.9 Å². The van der Waals surface area contributed by atoms with Crippen LogP contribution in [0.2, 0.25) is 5.02 Å². The van der Waals surface area contributed by atoms with Crippen LogP contribution in [0.3, 0.4) is 0 Å². The van der Waals surface area contributed by atoms with E-state index in [0.717, 1.165) is 16.4 Å². The van der Waals surface area contributed by atoms with Gasteiger partial charge in [-0.2, -0.15) is 4.31 Å². The van der Waals surface area contributed by atoms with Crippen molar-refractivity contribution >= 4 is 33.2 Å². The lowest BCUT2D eigenvalue weighted by Gasteiger charge is -2.22. The van der Waals surface area contributed by atoms with Crippen molar-refractivity contribution in [3.05, 3.63) is 89.0 Å². The number of nitrogens with zero attached hydrogens (tertiary/aromatic N) is 1. The summed E-state index contributed by atoms with van der Waals surface area (Å²) >= 11 is 6.17. The van der Waals surface area contributed by atoms with Crippen LogP contribution >= 0.6 is 11.6 Å². The third-order valence-electron chi connectivity index (χ3n) is 4.57. The summed E-state index contributed by atoms with van der Waals surface area (Å²) in [6.07, 6.45) is 0. The summed E-state index contributed by atoms with van der Waals surface area (Å²) in [5, 5.41) is 2.50. The van der Waals surface area contributed by atoms with E-state index in [1.807, 2.05) is 0 Å². The highest BCUT2D eigenvalue weighted by molar-refractivity contribution is 7.89. The predicted octanol–water partition coefficient (Wildman–Crippen LogP) is 4.85. The molecule has 0 heterocycles. The Morgan fingerprint density at radius 3 is 2.39 bits per heavy atom. The number of halogens is 3. The van der Waals surface area contributed by atoms with Crippen LogP contribution in [0.4, 0.5) is 14.5 Å². The minimum atomic E-state index is -4.16. The van der Waals surface area contributed by atoms with Gasteiger partial charge in [0, 0.05) is 18.3 Å². The molecule has 6 nitrogen and oxygen atoms in total. The molecular weight excluding hydrogens is 474 g/mol. The standard InChI is InChI=1S/C23H21ClF2N2O4S/c1-2-32-22-11-9-18(13-19(22)24)33(30,31)28(14-16-6-4-3-5-7-16)15-23(29)27-17-8-10-20(25)21(26)12-17/h3-13H,2,14-15H2,1H3,(H,27,29). The van der Waals surface area contributed by atoms with Crippen LogP contribution in [0.5, 0.6) is 5.75 Å². The summed E-state index contributed by atoms with van der Waals surface area (Å²) in [6, 6.07) is 15.6. The molecule has 0 radical (unpaired) electrons. The van der Waals surface area contributed by atoms with Gasteiger partial charge < -0.3 is 10.1 Å². The number of sulfonamides is 1. The van der Waals surface area contributed by atoms with Crippen LogP contribution in [-0.2, 0) is 21.4 Å². The van der Waals surface area contributed by atoms with Crippen LogP contribution < -0.4 is 10.1 Å². The lowest BCUT2D eigenvalue weighted by atomic mass is 10.2. The molecule has 1 N–H and O–H groups in total. The van der Waals surface area contributed by atoms with Gasteiger partial charge in [0.1, 0.15) is 5.75 Å². The van der Waals surface area contributed by atoms with Crippen molar-refractivity contribution in [2.45, 2.75) is 18.4 Å². The summed E-state index contributed by atoms with van der Waals surface area (Å²) < 4.78 is 59.7. The first-order chi connectivity index (χ1) is 15.7. The summed E-state index contributed by atoms with van der Waals surface area (Å²) in [5.74, 6) is -2.58. The Morgan fingerprint density at radius 2 is 1.76 bits per heavy atom. The van der Waals surface area contributed by atoms with Crippen molar-refractivity contribution < 1.29 is 26.7 Å². The zero-order valence-electron chi connectivity index (χ0n) is 17.6. The lowest BCUT2D eigenvalue weighted by molar-refractivity contribution is -0.116. The first-order valence-electron chi connectivity index (χ1n) is 9.92. The summed E-state index contributed by atoms with van der Waals surface area (Å²) in [6.45, 7) is 1.46. The number of ether oxygens (including phenoxy) is 1. The number of nitrogens with one attached hydrogen (secondary N) is 1. The number of carbonyl (C=O) groups excluding carboxylic acids is 1. The second-order valence-corrected chi connectivity index (χ2v) is 9.31. The van der Waals surface area contributed by atoms with Crippen molar-refractivity contribution in [2.24, 2.45) is 0 Å². The molecule has 174 valence electrons. The monoisotopic (exact) mass is 494 g/mol. The van der Waals surface area contributed by atoms with E-state index in [-0.39, 0.29) is 22.2 Å². The van der Waals surface area contributed by atoms with Gasteiger partial charge in [-0.05, 0) is 42.8 Å². The quantitative estimate of drug-likeness (QED) is 0.461. The Morgan fingerprint density at radius 1 is 1.03 bits per heavy atom. The molecule has 33 heavy (non-hydrogen) atoms. The Bertz CT molecular complexity index is 1240. The molecule has 0 fully saturated rings. The van der Waals surface area contributed by atoms with E-state index in [0.29, 0.717) is 17.9 Å². The molecule has 0 saturated carbocycles. The maximum absolute atomic E-state index is 13.5. The van der Waals surface area contributed by atoms with Gasteiger partial charge in [0.05, 0.1) is 23.1 Å². The van der Waals surface area contributed by atoms with Gasteiger partial charge in [0.2, 0.25) is 15.9 Å². The van der Waals surface area contributed by atoms with Crippen molar-refractivity contribution in [3.8, 4) is 5.75 Å². The molecule has 0 aliphatic heterocycles. The second kappa shape index (κ2) is 10.7. The number of amides is 1. The fourth-order valence-corrected chi connectivity index (χ4v) is 4.72. The van der Waals surface area contributed by atoms with Crippen LogP contribution in [0.15, 0.2) is 71.6 Å². The molecule has 3 rings (SSSR count). The van der Waals surface area contributed by atoms with Gasteiger partial charge >= 0.3 is 0 Å². The fourth-order valence-electron chi connectivity index (χ4n) is 3.01. The highest BCUT2D eigenvalue weighted by Crippen LogP contribution is 2.29. The molecule has 0 unspecified atom stereocenters. The maximum atomic E-state index is 13.5. The predicted molar refractivity (Wildman–Crippen MR) is 122 cm³/mol. The smallest absolute Gasteiger partial charge is 0.243 e. The van der Waals surface area contributed by atoms with Crippen molar-refractivity contribution in [1.29, 1.82) is 0 Å². The molecular formula is C23H21ClF2N2O4S. The third-order valence-corrected chi connectivity index (χ3v) is 6.65. The number of carbonyl (C=O) groups is 1. The number of hydrogen-bond acceptors (Lipinski definition) is 4. The van der Waals surface area contributed by atoms with Gasteiger partial charge in [-0.15, -0.1) is 0 Å². The molecule has 0 saturated heterocycles. The molecule has 3 aromatic rings. The maximum Gasteiger partial charge on any atom is 0.243 e. The molecule has 3 aromatic carbocycles. The number of hydrogen-bond donors (Lipinski definition) is 1. The fraction of sp³-hybridized carbons (Fsp3) is 0.174. The number of benzene rings is 3. The van der Waals surface area contributed by atoms with E-state index in [2.05, 4.69) is 5.32 Å². The van der Waals surface area contributed by atoms with Crippen LogP contribution in [0, 0.1) is 11.6 Å². The minimum absolute atomic E-state index is 0.0000656. The van der Waals surface area contributed by atoms with E-state index >= 15 is 0 Å². The molecule has 0 spiro atoms. The van der Waals surface area contributed by atoms with E-state index < -0.39 is 34.1 Å². The van der Waals surface area contributed by atoms with E-state index in [1.165, 1.54) is 24.3 Å². The topological polar surface area (TPSA) is 75.7 Å². The van der Waals surface area contributed by atoms with Crippen LogP contribution in [-0.4, -0.2) is 31.8 Å². The third kappa shape index (κ3) is 6.28. The van der Waals surface area contributed by atoms with Gasteiger partial charge in [-0.25, -0.2) is 17.2 Å². The van der Waals surface area contributed by atoms with Gasteiger partial charge in [0.25, 0.3) is 0 Å². The van der Waals surface area contributed by atoms with Crippen molar-refractivity contribution in [1.82, 2.24) is 4.31 Å². The first kappa shape index (κ1) is 24.6. The molecule has 0 aliphatic carbocycles. The Kier molecular flexibility index (Phi) is 8.01. The Labute approximate surface area is 195 Å². The lowest BCUT2D eigenvalue weighted by Crippen LogP contribution is -2.37. The highest BCUT2D eigenvalue weighted by atomic mass is 35.5. The van der Waals surface area contributed by atoms with E-state index in [4.69, 9.17) is 16.3 Å². The molecule has 0 bridgehead atoms. The largest absolute Gasteiger partial charge is 0.492 e. The SMILES string of the molecule is CCOc1ccc(S(=O)(=O)N(CC(=O)Nc2ccc(F)c(F)c2)Cc2ccccc2)cc1Cl. The van der Waals surface area contributed by atoms with Crippen LogP contribution in [0.1, 0.15) is 12.5 Å².